The van der Waals surface area contributed by atoms with Gasteiger partial charge in [-0.3, -0.25) is 4.79 Å². The van der Waals surface area contributed by atoms with Crippen LogP contribution < -0.4 is 18.9 Å². The zero-order chi connectivity index (χ0) is 24.2. The van der Waals surface area contributed by atoms with Crippen molar-refractivity contribution in [1.82, 2.24) is 4.90 Å². The first-order chi connectivity index (χ1) is 16.4. The zero-order valence-electron chi connectivity index (χ0n) is 19.1. The fourth-order valence-electron chi connectivity index (χ4n) is 4.12. The molecule has 4 rings (SSSR count). The van der Waals surface area contributed by atoms with Gasteiger partial charge < -0.3 is 23.8 Å². The second kappa shape index (κ2) is 9.99. The molecule has 0 saturated heterocycles. The van der Waals surface area contributed by atoms with E-state index in [2.05, 4.69) is 0 Å². The molecule has 1 amide bonds. The van der Waals surface area contributed by atoms with E-state index in [0.717, 1.165) is 17.2 Å². The van der Waals surface area contributed by atoms with Crippen molar-refractivity contribution >= 4 is 5.91 Å². The summed E-state index contributed by atoms with van der Waals surface area (Å²) in [5.41, 5.74) is 1.60. The Morgan fingerprint density at radius 2 is 1.59 bits per heavy atom. The fraction of sp³-hybridized carbons (Fsp3) is 0.269. The molecule has 178 valence electrons. The molecule has 0 N–H and O–H groups in total. The lowest BCUT2D eigenvalue weighted by molar-refractivity contribution is 0.0584. The SMILES string of the molecule is COc1ccc(OCC2c3cc(OC)c(OC)cc3CCN2C(=O)c2ccc(F)cc2F)cc1. The predicted molar refractivity (Wildman–Crippen MR) is 122 cm³/mol. The van der Waals surface area contributed by atoms with Gasteiger partial charge in [0.15, 0.2) is 11.5 Å². The minimum atomic E-state index is -0.905. The number of benzene rings is 3. The molecule has 0 aliphatic carbocycles. The van der Waals surface area contributed by atoms with E-state index in [1.165, 1.54) is 13.2 Å². The molecule has 1 aliphatic rings. The third-order valence-corrected chi connectivity index (χ3v) is 5.89. The first-order valence-electron chi connectivity index (χ1n) is 10.7. The minimum Gasteiger partial charge on any atom is -0.497 e. The maximum atomic E-state index is 14.5. The van der Waals surface area contributed by atoms with Crippen molar-refractivity contribution in [3.8, 4) is 23.0 Å². The van der Waals surface area contributed by atoms with Crippen molar-refractivity contribution in [2.75, 3.05) is 34.5 Å². The molecule has 0 saturated carbocycles. The normalized spacial score (nSPS) is 14.9. The van der Waals surface area contributed by atoms with Gasteiger partial charge in [0, 0.05) is 12.6 Å². The van der Waals surface area contributed by atoms with Crippen LogP contribution in [0.5, 0.6) is 23.0 Å². The lowest BCUT2D eigenvalue weighted by Gasteiger charge is -2.37. The lowest BCUT2D eigenvalue weighted by atomic mass is 9.91. The predicted octanol–water partition coefficient (Wildman–Crippen LogP) is 4.81. The molecular formula is C26H25F2NO5. The number of amides is 1. The van der Waals surface area contributed by atoms with Crippen LogP contribution in [0, 0.1) is 11.6 Å². The molecule has 1 heterocycles. The van der Waals surface area contributed by atoms with Gasteiger partial charge in [0.2, 0.25) is 0 Å². The first kappa shape index (κ1) is 23.4. The summed E-state index contributed by atoms with van der Waals surface area (Å²) in [4.78, 5) is 14.9. The highest BCUT2D eigenvalue weighted by Gasteiger charge is 2.34. The Bertz CT molecular complexity index is 1180. The summed E-state index contributed by atoms with van der Waals surface area (Å²) in [6, 6.07) is 13.2. The van der Waals surface area contributed by atoms with Gasteiger partial charge in [-0.05, 0) is 66.1 Å². The van der Waals surface area contributed by atoms with Crippen LogP contribution in [0.1, 0.15) is 27.5 Å². The molecule has 0 aromatic heterocycles. The molecule has 6 nitrogen and oxygen atoms in total. The van der Waals surface area contributed by atoms with Gasteiger partial charge in [-0.15, -0.1) is 0 Å². The van der Waals surface area contributed by atoms with Crippen LogP contribution in [0.2, 0.25) is 0 Å². The summed E-state index contributed by atoms with van der Waals surface area (Å²) >= 11 is 0. The highest BCUT2D eigenvalue weighted by atomic mass is 19.1. The molecule has 1 atom stereocenters. The van der Waals surface area contributed by atoms with Gasteiger partial charge in [-0.25, -0.2) is 8.78 Å². The Balaban J connectivity index is 1.70. The molecule has 34 heavy (non-hydrogen) atoms. The zero-order valence-corrected chi connectivity index (χ0v) is 19.1. The van der Waals surface area contributed by atoms with Gasteiger partial charge in [-0.2, -0.15) is 0 Å². The summed E-state index contributed by atoms with van der Waals surface area (Å²) in [5, 5.41) is 0. The van der Waals surface area contributed by atoms with Crippen LogP contribution in [-0.4, -0.2) is 45.3 Å². The van der Waals surface area contributed by atoms with Crippen molar-refractivity contribution < 1.29 is 32.5 Å². The Kier molecular flexibility index (Phi) is 6.86. The second-order valence-corrected chi connectivity index (χ2v) is 7.78. The quantitative estimate of drug-likeness (QED) is 0.497. The van der Waals surface area contributed by atoms with Gasteiger partial charge in [0.1, 0.15) is 29.7 Å². The summed E-state index contributed by atoms with van der Waals surface area (Å²) in [5.74, 6) is 0.191. The molecule has 0 spiro atoms. The first-order valence-corrected chi connectivity index (χ1v) is 10.7. The molecule has 1 unspecified atom stereocenters. The van der Waals surface area contributed by atoms with Crippen molar-refractivity contribution in [3.05, 3.63) is 82.9 Å². The van der Waals surface area contributed by atoms with Crippen LogP contribution >= 0.6 is 0 Å². The average molecular weight is 469 g/mol. The highest BCUT2D eigenvalue weighted by molar-refractivity contribution is 5.95. The number of methoxy groups -OCH3 is 3. The van der Waals surface area contributed by atoms with Crippen LogP contribution in [0.4, 0.5) is 8.78 Å². The Hall–Kier alpha value is -3.81. The van der Waals surface area contributed by atoms with Crippen LogP contribution in [0.3, 0.4) is 0 Å². The number of hydrogen-bond acceptors (Lipinski definition) is 5. The Labute approximate surface area is 196 Å². The number of carbonyl (C=O) groups excluding carboxylic acids is 1. The van der Waals surface area contributed by atoms with E-state index >= 15 is 0 Å². The second-order valence-electron chi connectivity index (χ2n) is 7.78. The molecule has 3 aromatic carbocycles. The number of rotatable bonds is 7. The van der Waals surface area contributed by atoms with Gasteiger partial charge >= 0.3 is 0 Å². The van der Waals surface area contributed by atoms with Gasteiger partial charge in [0.25, 0.3) is 5.91 Å². The molecule has 0 bridgehead atoms. The van der Waals surface area contributed by atoms with E-state index in [9.17, 15) is 13.6 Å². The molecule has 3 aromatic rings. The number of carbonyl (C=O) groups is 1. The van der Waals surface area contributed by atoms with Crippen LogP contribution in [-0.2, 0) is 6.42 Å². The molecule has 0 radical (unpaired) electrons. The van der Waals surface area contributed by atoms with Gasteiger partial charge in [-0.1, -0.05) is 0 Å². The topological polar surface area (TPSA) is 57.2 Å². The number of ether oxygens (including phenoxy) is 4. The third-order valence-electron chi connectivity index (χ3n) is 5.89. The fourth-order valence-corrected chi connectivity index (χ4v) is 4.12. The van der Waals surface area contributed by atoms with E-state index in [1.807, 2.05) is 12.1 Å². The number of halogens is 2. The highest BCUT2D eigenvalue weighted by Crippen LogP contribution is 2.39. The van der Waals surface area contributed by atoms with Crippen LogP contribution in [0.25, 0.3) is 0 Å². The maximum Gasteiger partial charge on any atom is 0.257 e. The standard InChI is InChI=1S/C26H25F2NO5/c1-31-18-5-7-19(8-6-18)34-15-23-21-14-25(33-3)24(32-2)12-16(21)10-11-29(23)26(30)20-9-4-17(27)13-22(20)28/h4-9,12-14,23H,10-11,15H2,1-3H3. The van der Waals surface area contributed by atoms with E-state index in [4.69, 9.17) is 18.9 Å². The monoisotopic (exact) mass is 469 g/mol. The summed E-state index contributed by atoms with van der Waals surface area (Å²) in [7, 11) is 4.67. The number of nitrogens with zero attached hydrogens (tertiary/aromatic N) is 1. The van der Waals surface area contributed by atoms with Crippen molar-refractivity contribution in [1.29, 1.82) is 0 Å². The van der Waals surface area contributed by atoms with Crippen molar-refractivity contribution in [3.63, 3.8) is 0 Å². The molecule has 1 aliphatic heterocycles. The molecular weight excluding hydrogens is 444 g/mol. The minimum absolute atomic E-state index is 0.114. The number of fused-ring (bicyclic) bond motifs is 1. The Morgan fingerprint density at radius 1 is 0.912 bits per heavy atom. The number of hydrogen-bond donors (Lipinski definition) is 0. The summed E-state index contributed by atoms with van der Waals surface area (Å²) in [6.45, 7) is 0.443. The lowest BCUT2D eigenvalue weighted by Crippen LogP contribution is -2.43. The van der Waals surface area contributed by atoms with E-state index in [1.54, 1.807) is 43.4 Å². The largest absolute Gasteiger partial charge is 0.497 e. The molecule has 8 heteroatoms. The van der Waals surface area contributed by atoms with E-state index in [0.29, 0.717) is 42.0 Å². The average Bonchev–Trinajstić information content (AvgIpc) is 2.86. The Morgan fingerprint density at radius 3 is 2.24 bits per heavy atom. The molecule has 0 fully saturated rings. The van der Waals surface area contributed by atoms with E-state index in [-0.39, 0.29) is 12.2 Å². The van der Waals surface area contributed by atoms with Gasteiger partial charge in [0.05, 0.1) is 32.9 Å². The van der Waals surface area contributed by atoms with Crippen LogP contribution in [0.15, 0.2) is 54.6 Å². The summed E-state index contributed by atoms with van der Waals surface area (Å²) in [6.07, 6.45) is 0.531. The van der Waals surface area contributed by atoms with E-state index < -0.39 is 23.6 Å². The van der Waals surface area contributed by atoms with Crippen molar-refractivity contribution in [2.45, 2.75) is 12.5 Å². The van der Waals surface area contributed by atoms with Crippen molar-refractivity contribution in [2.24, 2.45) is 0 Å². The maximum absolute atomic E-state index is 14.5. The summed E-state index contributed by atoms with van der Waals surface area (Å²) < 4.78 is 50.0. The smallest absolute Gasteiger partial charge is 0.257 e. The third kappa shape index (κ3) is 4.62.